The highest BCUT2D eigenvalue weighted by Gasteiger charge is 2.44. The van der Waals surface area contributed by atoms with Crippen LogP contribution in [0.2, 0.25) is 0 Å². The van der Waals surface area contributed by atoms with Gasteiger partial charge in [0.05, 0.1) is 6.20 Å². The Morgan fingerprint density at radius 3 is 1.21 bits per heavy atom. The molecule has 5 nitrogen and oxygen atoms in total. The van der Waals surface area contributed by atoms with Gasteiger partial charge in [0.1, 0.15) is 5.52 Å². The van der Waals surface area contributed by atoms with E-state index in [1.807, 2.05) is 6.07 Å². The molecule has 2 aromatic heterocycles. The minimum atomic E-state index is -0.117. The third-order valence-electron chi connectivity index (χ3n) is 13.2. The van der Waals surface area contributed by atoms with Crippen LogP contribution in [0.4, 0.5) is 34.1 Å². The Bertz CT molecular complexity index is 3350. The normalized spacial score (nSPS) is 12.5. The SMILES string of the molecule is c1ccc(-c2ccc(N3c4ccc(-c5ccccc5)cc4B4c5cc(-c6ccccc6)ccc5N(c5ccc(-c6ccccc6)cc5)c5cc(-c6nc7ccncc7o6)cc3c54)cc2)cc1. The van der Waals surface area contributed by atoms with E-state index in [0.717, 1.165) is 56.3 Å². The van der Waals surface area contributed by atoms with Crippen molar-refractivity contribution in [1.29, 1.82) is 0 Å². The van der Waals surface area contributed by atoms with Crippen molar-refractivity contribution in [2.24, 2.45) is 0 Å². The number of benzene rings is 9. The van der Waals surface area contributed by atoms with Crippen molar-refractivity contribution in [1.82, 2.24) is 9.97 Å². The average molecular weight is 843 g/mol. The molecule has 0 aliphatic carbocycles. The Morgan fingerprint density at radius 1 is 0.364 bits per heavy atom. The molecule has 2 aliphatic heterocycles. The van der Waals surface area contributed by atoms with Crippen LogP contribution >= 0.6 is 0 Å². The largest absolute Gasteiger partial charge is 0.434 e. The standard InChI is InChI=1S/C60H39BN4O/c1-5-13-40(14-6-1)44-21-27-49(28-22-44)64-54-31-25-46(42-17-9-3-10-18-42)35-51(54)61-52-36-47(43-19-11-4-12-20-43)26-32-55(52)65(50-29-23-45(24-30-50)41-15-7-2-8-16-41)57-38-48(37-56(64)59(57)61)60-63-53-33-34-62-39-58(53)66-60/h1-39H. The number of oxazole rings is 1. The van der Waals surface area contributed by atoms with Crippen LogP contribution in [0.25, 0.3) is 67.1 Å². The van der Waals surface area contributed by atoms with Crippen molar-refractivity contribution in [2.45, 2.75) is 0 Å². The maximum absolute atomic E-state index is 6.56. The molecule has 0 saturated carbocycles. The summed E-state index contributed by atoms with van der Waals surface area (Å²) in [6.07, 6.45) is 3.51. The molecule has 0 fully saturated rings. The molecule has 0 saturated heterocycles. The molecule has 0 radical (unpaired) electrons. The highest BCUT2D eigenvalue weighted by Crippen LogP contribution is 2.47. The molecule has 9 aromatic carbocycles. The van der Waals surface area contributed by atoms with Gasteiger partial charge in [-0.3, -0.25) is 4.98 Å². The lowest BCUT2D eigenvalue weighted by Gasteiger charge is -2.44. The van der Waals surface area contributed by atoms with Crippen molar-refractivity contribution in [3.63, 3.8) is 0 Å². The second-order valence-corrected chi connectivity index (χ2v) is 17.0. The van der Waals surface area contributed by atoms with Crippen molar-refractivity contribution >= 4 is 68.3 Å². The van der Waals surface area contributed by atoms with Gasteiger partial charge in [-0.05, 0) is 115 Å². The average Bonchev–Trinajstić information content (AvgIpc) is 3.84. The highest BCUT2D eigenvalue weighted by atomic mass is 16.3. The first-order valence-corrected chi connectivity index (χ1v) is 22.4. The third-order valence-corrected chi connectivity index (χ3v) is 13.2. The summed E-state index contributed by atoms with van der Waals surface area (Å²) < 4.78 is 6.56. The Labute approximate surface area is 383 Å². The predicted molar refractivity (Wildman–Crippen MR) is 273 cm³/mol. The third kappa shape index (κ3) is 6.34. The van der Waals surface area contributed by atoms with Crippen LogP contribution in [0.15, 0.2) is 241 Å². The van der Waals surface area contributed by atoms with Crippen LogP contribution in [0, 0.1) is 0 Å². The monoisotopic (exact) mass is 842 g/mol. The number of aromatic nitrogens is 2. The number of hydrogen-bond acceptors (Lipinski definition) is 5. The van der Waals surface area contributed by atoms with Crippen molar-refractivity contribution in [3.05, 3.63) is 237 Å². The Hall–Kier alpha value is -8.74. The second-order valence-electron chi connectivity index (χ2n) is 17.0. The van der Waals surface area contributed by atoms with E-state index < -0.39 is 0 Å². The first-order valence-electron chi connectivity index (χ1n) is 22.4. The zero-order valence-electron chi connectivity index (χ0n) is 35.8. The van der Waals surface area contributed by atoms with E-state index in [2.05, 4.69) is 233 Å². The molecule has 2 aliphatic rings. The molecule has 6 heteroatoms. The van der Waals surface area contributed by atoms with Gasteiger partial charge in [0.2, 0.25) is 5.89 Å². The Morgan fingerprint density at radius 2 is 0.773 bits per heavy atom. The fourth-order valence-electron chi connectivity index (χ4n) is 10.1. The van der Waals surface area contributed by atoms with E-state index in [1.54, 1.807) is 12.4 Å². The zero-order chi connectivity index (χ0) is 43.6. The molecule has 11 aromatic rings. The number of hydrogen-bond donors (Lipinski definition) is 0. The molecule has 0 unspecified atom stereocenters. The van der Waals surface area contributed by atoms with Crippen LogP contribution in [-0.2, 0) is 0 Å². The van der Waals surface area contributed by atoms with Gasteiger partial charge in [0.15, 0.2) is 5.58 Å². The maximum atomic E-state index is 6.56. The highest BCUT2D eigenvalue weighted by molar-refractivity contribution is 7.00. The number of rotatable bonds is 7. The minimum Gasteiger partial charge on any atom is -0.434 e. The maximum Gasteiger partial charge on any atom is 0.252 e. The number of pyridine rings is 1. The van der Waals surface area contributed by atoms with Crippen molar-refractivity contribution < 1.29 is 4.42 Å². The van der Waals surface area contributed by atoms with E-state index in [4.69, 9.17) is 9.40 Å². The quantitative estimate of drug-likeness (QED) is 0.150. The first-order chi connectivity index (χ1) is 32.7. The number of fused-ring (bicyclic) bond motifs is 5. The lowest BCUT2D eigenvalue weighted by molar-refractivity contribution is 0.618. The van der Waals surface area contributed by atoms with Gasteiger partial charge in [-0.25, -0.2) is 4.98 Å². The van der Waals surface area contributed by atoms with Crippen LogP contribution < -0.4 is 26.2 Å². The van der Waals surface area contributed by atoms with E-state index in [0.29, 0.717) is 11.5 Å². The van der Waals surface area contributed by atoms with Gasteiger partial charge in [-0.2, -0.15) is 0 Å². The summed E-state index contributed by atoms with van der Waals surface area (Å²) in [5.74, 6) is 0.544. The smallest absolute Gasteiger partial charge is 0.252 e. The van der Waals surface area contributed by atoms with Gasteiger partial charge >= 0.3 is 0 Å². The van der Waals surface area contributed by atoms with E-state index >= 15 is 0 Å². The lowest BCUT2D eigenvalue weighted by Crippen LogP contribution is -2.61. The summed E-state index contributed by atoms with van der Waals surface area (Å²) >= 11 is 0. The summed E-state index contributed by atoms with van der Waals surface area (Å²) in [6, 6.07) is 81.1. The summed E-state index contributed by atoms with van der Waals surface area (Å²) in [6.45, 7) is -0.117. The Balaban J connectivity index is 1.11. The molecule has 0 amide bonds. The zero-order valence-corrected chi connectivity index (χ0v) is 35.8. The molecule has 0 atom stereocenters. The molecule has 66 heavy (non-hydrogen) atoms. The predicted octanol–water partition coefficient (Wildman–Crippen LogP) is 13.6. The van der Waals surface area contributed by atoms with Crippen molar-refractivity contribution in [2.75, 3.05) is 9.80 Å². The van der Waals surface area contributed by atoms with Crippen LogP contribution in [0.5, 0.6) is 0 Å². The molecule has 0 spiro atoms. The van der Waals surface area contributed by atoms with Crippen LogP contribution in [-0.4, -0.2) is 16.7 Å². The summed E-state index contributed by atoms with van der Waals surface area (Å²) in [5.41, 5.74) is 21.9. The van der Waals surface area contributed by atoms with Gasteiger partial charge in [0, 0.05) is 45.9 Å². The Kier molecular flexibility index (Phi) is 8.88. The number of anilines is 6. The molecule has 4 heterocycles. The molecule has 308 valence electrons. The second kappa shape index (κ2) is 15.5. The molecule has 0 bridgehead atoms. The summed E-state index contributed by atoms with van der Waals surface area (Å²) in [7, 11) is 0. The van der Waals surface area contributed by atoms with E-state index in [9.17, 15) is 0 Å². The first kappa shape index (κ1) is 37.8. The summed E-state index contributed by atoms with van der Waals surface area (Å²) in [5, 5.41) is 0. The van der Waals surface area contributed by atoms with E-state index in [-0.39, 0.29) is 6.71 Å². The lowest BCUT2D eigenvalue weighted by atomic mass is 9.33. The fourth-order valence-corrected chi connectivity index (χ4v) is 10.1. The molecular formula is C60H39BN4O. The molecular weight excluding hydrogens is 803 g/mol. The minimum absolute atomic E-state index is 0.117. The van der Waals surface area contributed by atoms with Crippen LogP contribution in [0.3, 0.4) is 0 Å². The van der Waals surface area contributed by atoms with Crippen molar-refractivity contribution in [3.8, 4) is 56.0 Å². The van der Waals surface area contributed by atoms with Crippen LogP contribution in [0.1, 0.15) is 0 Å². The molecule has 13 rings (SSSR count). The fraction of sp³-hybridized carbons (Fsp3) is 0. The van der Waals surface area contributed by atoms with E-state index in [1.165, 1.54) is 49.8 Å². The van der Waals surface area contributed by atoms with Gasteiger partial charge in [0.25, 0.3) is 6.71 Å². The van der Waals surface area contributed by atoms with Gasteiger partial charge < -0.3 is 14.2 Å². The van der Waals surface area contributed by atoms with Gasteiger partial charge in [-0.15, -0.1) is 0 Å². The topological polar surface area (TPSA) is 45.4 Å². The summed E-state index contributed by atoms with van der Waals surface area (Å²) in [4.78, 5) is 14.3. The van der Waals surface area contributed by atoms with Gasteiger partial charge in [-0.1, -0.05) is 170 Å². The number of nitrogens with zero attached hydrogens (tertiary/aromatic N) is 4. The molecule has 0 N–H and O–H groups in total.